The third-order valence-electron chi connectivity index (χ3n) is 3.12. The van der Waals surface area contributed by atoms with E-state index in [0.717, 1.165) is 18.9 Å². The molecule has 0 fully saturated rings. The van der Waals surface area contributed by atoms with E-state index in [-0.39, 0.29) is 11.8 Å². The first-order valence-corrected chi connectivity index (χ1v) is 6.14. The number of nitrogens with zero attached hydrogens (tertiary/aromatic N) is 3. The molecular weight excluding hydrogens is 246 g/mol. The first kappa shape index (κ1) is 13.5. The zero-order valence-electron chi connectivity index (χ0n) is 11.1. The number of aromatic nitrogens is 2. The fraction of sp³-hybridized carbons (Fsp3) is 0.462. The van der Waals surface area contributed by atoms with Gasteiger partial charge in [0.2, 0.25) is 0 Å². The van der Waals surface area contributed by atoms with Crippen molar-refractivity contribution in [3.05, 3.63) is 29.9 Å². The molecule has 0 atom stereocenters. The zero-order chi connectivity index (χ0) is 13.8. The van der Waals surface area contributed by atoms with E-state index in [2.05, 4.69) is 14.6 Å². The maximum absolute atomic E-state index is 11.4. The summed E-state index contributed by atoms with van der Waals surface area (Å²) in [5.41, 5.74) is 0.666. The van der Waals surface area contributed by atoms with Gasteiger partial charge in [-0.05, 0) is 0 Å². The van der Waals surface area contributed by atoms with Gasteiger partial charge in [-0.15, -0.1) is 0 Å². The Morgan fingerprint density at radius 1 is 1.47 bits per heavy atom. The molecule has 0 amide bonds. The predicted molar refractivity (Wildman–Crippen MR) is 68.7 cm³/mol. The number of methoxy groups -OCH3 is 1. The first-order valence-electron chi connectivity index (χ1n) is 6.14. The van der Waals surface area contributed by atoms with Crippen LogP contribution in [0.25, 0.3) is 0 Å². The molecule has 0 saturated heterocycles. The summed E-state index contributed by atoms with van der Waals surface area (Å²) < 4.78 is 6.49. The van der Waals surface area contributed by atoms with Gasteiger partial charge in [-0.3, -0.25) is 9.69 Å². The number of ketones is 1. The van der Waals surface area contributed by atoms with Crippen molar-refractivity contribution < 1.29 is 14.3 Å². The van der Waals surface area contributed by atoms with Gasteiger partial charge >= 0.3 is 5.97 Å². The van der Waals surface area contributed by atoms with Gasteiger partial charge in [-0.25, -0.2) is 9.78 Å². The molecule has 0 spiro atoms. The van der Waals surface area contributed by atoms with Crippen LogP contribution < -0.4 is 0 Å². The van der Waals surface area contributed by atoms with Crippen LogP contribution in [0.2, 0.25) is 0 Å². The van der Waals surface area contributed by atoms with Crippen molar-refractivity contribution in [1.29, 1.82) is 0 Å². The van der Waals surface area contributed by atoms with Crippen LogP contribution in [-0.4, -0.2) is 46.4 Å². The second kappa shape index (κ2) is 5.79. The minimum absolute atomic E-state index is 0.0396. The van der Waals surface area contributed by atoms with Crippen LogP contribution in [0.5, 0.6) is 0 Å². The van der Waals surface area contributed by atoms with Crippen molar-refractivity contribution in [3.8, 4) is 0 Å². The Morgan fingerprint density at radius 2 is 2.26 bits per heavy atom. The SMILES string of the molecule is COC(=O)/C=C/CN1CCn2c(C(C)=O)cnc2C1. The molecule has 6 nitrogen and oxygen atoms in total. The fourth-order valence-electron chi connectivity index (χ4n) is 2.11. The highest BCUT2D eigenvalue weighted by molar-refractivity contribution is 5.92. The number of carbonyl (C=O) groups excluding carboxylic acids is 2. The molecule has 1 aliphatic heterocycles. The molecule has 0 radical (unpaired) electrons. The summed E-state index contributed by atoms with van der Waals surface area (Å²) in [6.07, 6.45) is 4.82. The minimum atomic E-state index is -0.350. The van der Waals surface area contributed by atoms with Gasteiger partial charge in [-0.1, -0.05) is 6.08 Å². The number of hydrogen-bond acceptors (Lipinski definition) is 5. The molecule has 1 aliphatic rings. The van der Waals surface area contributed by atoms with E-state index in [1.54, 1.807) is 19.2 Å². The number of carbonyl (C=O) groups is 2. The molecule has 1 aromatic heterocycles. The Hall–Kier alpha value is -1.95. The van der Waals surface area contributed by atoms with Gasteiger partial charge < -0.3 is 9.30 Å². The third-order valence-corrected chi connectivity index (χ3v) is 3.12. The van der Waals surface area contributed by atoms with Crippen molar-refractivity contribution in [2.75, 3.05) is 20.2 Å². The minimum Gasteiger partial charge on any atom is -0.466 e. The van der Waals surface area contributed by atoms with Crippen molar-refractivity contribution in [3.63, 3.8) is 0 Å². The van der Waals surface area contributed by atoms with E-state index < -0.39 is 0 Å². The highest BCUT2D eigenvalue weighted by Gasteiger charge is 2.20. The average Bonchev–Trinajstić information content (AvgIpc) is 2.81. The van der Waals surface area contributed by atoms with Crippen molar-refractivity contribution in [2.24, 2.45) is 0 Å². The number of ether oxygens (including phenoxy) is 1. The summed E-state index contributed by atoms with van der Waals surface area (Å²) in [6, 6.07) is 0. The lowest BCUT2D eigenvalue weighted by Gasteiger charge is -2.27. The second-order valence-electron chi connectivity index (χ2n) is 4.43. The van der Waals surface area contributed by atoms with Crippen LogP contribution >= 0.6 is 0 Å². The summed E-state index contributed by atoms with van der Waals surface area (Å²) in [5, 5.41) is 0. The number of Topliss-reactive ketones (excluding diaryl/α,β-unsaturated/α-hetero) is 1. The summed E-state index contributed by atoms with van der Waals surface area (Å²) in [5.74, 6) is 0.582. The Balaban J connectivity index is 1.97. The monoisotopic (exact) mass is 263 g/mol. The van der Waals surface area contributed by atoms with Crippen molar-refractivity contribution in [1.82, 2.24) is 14.5 Å². The smallest absolute Gasteiger partial charge is 0.330 e. The van der Waals surface area contributed by atoms with Gasteiger partial charge in [0.15, 0.2) is 5.78 Å². The third kappa shape index (κ3) is 3.08. The molecular formula is C13H17N3O3. The van der Waals surface area contributed by atoms with Gasteiger partial charge in [0.05, 0.1) is 19.9 Å². The summed E-state index contributed by atoms with van der Waals surface area (Å²) in [7, 11) is 1.35. The number of esters is 1. The summed E-state index contributed by atoms with van der Waals surface area (Å²) >= 11 is 0. The van der Waals surface area contributed by atoms with E-state index in [4.69, 9.17) is 0 Å². The molecule has 0 N–H and O–H groups in total. The number of rotatable bonds is 4. The normalized spacial score (nSPS) is 15.5. The lowest BCUT2D eigenvalue weighted by atomic mass is 10.3. The Morgan fingerprint density at radius 3 is 2.95 bits per heavy atom. The average molecular weight is 263 g/mol. The quantitative estimate of drug-likeness (QED) is 0.453. The van der Waals surface area contributed by atoms with Crippen LogP contribution in [0.1, 0.15) is 23.2 Å². The number of fused-ring (bicyclic) bond motifs is 1. The van der Waals surface area contributed by atoms with E-state index in [9.17, 15) is 9.59 Å². The van der Waals surface area contributed by atoms with Gasteiger partial charge in [0.25, 0.3) is 0 Å². The lowest BCUT2D eigenvalue weighted by molar-refractivity contribution is -0.134. The molecule has 6 heteroatoms. The molecule has 0 aromatic carbocycles. The Labute approximate surface area is 111 Å². The second-order valence-corrected chi connectivity index (χ2v) is 4.43. The first-order chi connectivity index (χ1) is 9.11. The van der Waals surface area contributed by atoms with Crippen molar-refractivity contribution >= 4 is 11.8 Å². The van der Waals surface area contributed by atoms with Gasteiger partial charge in [0.1, 0.15) is 11.5 Å². The predicted octanol–water partition coefficient (Wildman–Crippen LogP) is 0.630. The van der Waals surface area contributed by atoms with Crippen LogP contribution in [0.4, 0.5) is 0 Å². The van der Waals surface area contributed by atoms with E-state index >= 15 is 0 Å². The molecule has 0 saturated carbocycles. The summed E-state index contributed by atoms with van der Waals surface area (Å²) in [4.78, 5) is 28.8. The molecule has 102 valence electrons. The van der Waals surface area contributed by atoms with E-state index in [1.165, 1.54) is 13.2 Å². The maximum atomic E-state index is 11.4. The summed E-state index contributed by atoms with van der Waals surface area (Å²) in [6.45, 7) is 4.47. The molecule has 2 rings (SSSR count). The van der Waals surface area contributed by atoms with Crippen LogP contribution in [-0.2, 0) is 22.6 Å². The standard InChI is InChI=1S/C13H17N3O3/c1-10(17)11-8-14-12-9-15(6-7-16(11)12)5-3-4-13(18)19-2/h3-4,8H,5-7,9H2,1-2H3/b4-3+. The van der Waals surface area contributed by atoms with Crippen LogP contribution in [0, 0.1) is 0 Å². The van der Waals surface area contributed by atoms with E-state index in [0.29, 0.717) is 18.8 Å². The van der Waals surface area contributed by atoms with Gasteiger partial charge in [-0.2, -0.15) is 0 Å². The fourth-order valence-corrected chi connectivity index (χ4v) is 2.11. The Kier molecular flexibility index (Phi) is 4.11. The zero-order valence-corrected chi connectivity index (χ0v) is 11.1. The highest BCUT2D eigenvalue weighted by atomic mass is 16.5. The Bertz CT molecular complexity index is 519. The molecule has 19 heavy (non-hydrogen) atoms. The van der Waals surface area contributed by atoms with Crippen LogP contribution in [0.15, 0.2) is 18.3 Å². The van der Waals surface area contributed by atoms with Crippen LogP contribution in [0.3, 0.4) is 0 Å². The molecule has 2 heterocycles. The van der Waals surface area contributed by atoms with E-state index in [1.807, 2.05) is 4.57 Å². The van der Waals surface area contributed by atoms with Gasteiger partial charge in [0, 0.05) is 32.6 Å². The molecule has 0 unspecified atom stereocenters. The number of hydrogen-bond donors (Lipinski definition) is 0. The topological polar surface area (TPSA) is 64.4 Å². The highest BCUT2D eigenvalue weighted by Crippen LogP contribution is 2.14. The van der Waals surface area contributed by atoms with Crippen molar-refractivity contribution in [2.45, 2.75) is 20.0 Å². The molecule has 1 aromatic rings. The largest absolute Gasteiger partial charge is 0.466 e. The number of imidazole rings is 1. The maximum Gasteiger partial charge on any atom is 0.330 e. The molecule has 0 aliphatic carbocycles. The lowest BCUT2D eigenvalue weighted by Crippen LogP contribution is -2.34. The molecule has 0 bridgehead atoms.